The molecule has 3 unspecified atom stereocenters. The second-order valence-electron chi connectivity index (χ2n) is 6.30. The molecule has 0 saturated heterocycles. The molecule has 2 aliphatic rings. The second kappa shape index (κ2) is 6.06. The van der Waals surface area contributed by atoms with Gasteiger partial charge in [-0.2, -0.15) is 0 Å². The Balaban J connectivity index is 1.74. The highest BCUT2D eigenvalue weighted by Crippen LogP contribution is 2.30. The fourth-order valence-electron chi connectivity index (χ4n) is 3.69. The molecular weight excluding hydrogens is 264 g/mol. The van der Waals surface area contributed by atoms with Crippen molar-refractivity contribution < 1.29 is 9.90 Å². The molecule has 1 saturated carbocycles. The van der Waals surface area contributed by atoms with Gasteiger partial charge in [0.15, 0.2) is 0 Å². The highest BCUT2D eigenvalue weighted by atomic mass is 16.3. The van der Waals surface area contributed by atoms with Crippen LogP contribution in [-0.4, -0.2) is 35.2 Å². The maximum Gasteiger partial charge on any atom is 0.318 e. The van der Waals surface area contributed by atoms with Gasteiger partial charge in [-0.25, -0.2) is 4.79 Å². The Labute approximate surface area is 126 Å². The lowest BCUT2D eigenvalue weighted by Gasteiger charge is -2.37. The van der Waals surface area contributed by atoms with Crippen molar-refractivity contribution in [3.8, 4) is 0 Å². The largest absolute Gasteiger partial charge is 0.394 e. The van der Waals surface area contributed by atoms with Gasteiger partial charge in [-0.15, -0.1) is 0 Å². The molecule has 1 heterocycles. The van der Waals surface area contributed by atoms with E-state index in [1.54, 1.807) is 4.90 Å². The smallest absolute Gasteiger partial charge is 0.318 e. The standard InChI is InChI=1S/C17H24N2O2/c1-12-5-4-8-15(12)18-17(21)19-10-9-13-6-2-3-7-14(13)16(19)11-20/h2-3,6-7,12,15-16,20H,4-5,8-11H2,1H3,(H,18,21). The molecule has 1 aliphatic carbocycles. The number of urea groups is 1. The molecule has 0 aromatic heterocycles. The fraction of sp³-hybridized carbons (Fsp3) is 0.588. The number of aliphatic hydroxyl groups is 1. The molecule has 4 nitrogen and oxygen atoms in total. The van der Waals surface area contributed by atoms with Crippen molar-refractivity contribution in [2.24, 2.45) is 5.92 Å². The van der Waals surface area contributed by atoms with E-state index in [0.29, 0.717) is 12.5 Å². The molecule has 1 aromatic rings. The normalized spacial score (nSPS) is 28.3. The Morgan fingerprint density at radius 3 is 2.90 bits per heavy atom. The van der Waals surface area contributed by atoms with E-state index in [4.69, 9.17) is 0 Å². The van der Waals surface area contributed by atoms with Crippen LogP contribution in [0.15, 0.2) is 24.3 Å². The summed E-state index contributed by atoms with van der Waals surface area (Å²) in [5.41, 5.74) is 2.33. The van der Waals surface area contributed by atoms with Crippen LogP contribution in [0.1, 0.15) is 43.4 Å². The van der Waals surface area contributed by atoms with Crippen LogP contribution in [0.5, 0.6) is 0 Å². The number of hydrogen-bond donors (Lipinski definition) is 2. The summed E-state index contributed by atoms with van der Waals surface area (Å²) in [6.45, 7) is 2.85. The first-order valence-electron chi connectivity index (χ1n) is 7.96. The summed E-state index contributed by atoms with van der Waals surface area (Å²) in [4.78, 5) is 14.4. The van der Waals surface area contributed by atoms with Gasteiger partial charge in [-0.1, -0.05) is 37.6 Å². The van der Waals surface area contributed by atoms with Crippen molar-refractivity contribution in [3.63, 3.8) is 0 Å². The summed E-state index contributed by atoms with van der Waals surface area (Å²) in [7, 11) is 0. The van der Waals surface area contributed by atoms with Crippen molar-refractivity contribution in [2.75, 3.05) is 13.2 Å². The molecule has 4 heteroatoms. The molecule has 0 radical (unpaired) electrons. The van der Waals surface area contributed by atoms with Gasteiger partial charge in [-0.3, -0.25) is 0 Å². The molecule has 114 valence electrons. The van der Waals surface area contributed by atoms with E-state index in [2.05, 4.69) is 18.3 Å². The molecule has 2 amide bonds. The summed E-state index contributed by atoms with van der Waals surface area (Å²) in [6.07, 6.45) is 4.32. The minimum Gasteiger partial charge on any atom is -0.394 e. The summed E-state index contributed by atoms with van der Waals surface area (Å²) in [6, 6.07) is 8.15. The van der Waals surface area contributed by atoms with Crippen LogP contribution < -0.4 is 5.32 Å². The Morgan fingerprint density at radius 1 is 1.38 bits per heavy atom. The quantitative estimate of drug-likeness (QED) is 0.878. The van der Waals surface area contributed by atoms with Crippen molar-refractivity contribution >= 4 is 6.03 Å². The zero-order valence-electron chi connectivity index (χ0n) is 12.6. The van der Waals surface area contributed by atoms with Crippen LogP contribution in [-0.2, 0) is 6.42 Å². The molecule has 3 rings (SSSR count). The van der Waals surface area contributed by atoms with Crippen molar-refractivity contribution in [1.82, 2.24) is 10.2 Å². The van der Waals surface area contributed by atoms with E-state index in [1.165, 1.54) is 18.4 Å². The third-order valence-electron chi connectivity index (χ3n) is 5.02. The van der Waals surface area contributed by atoms with Crippen LogP contribution in [0, 0.1) is 5.92 Å². The molecular formula is C17H24N2O2. The lowest BCUT2D eigenvalue weighted by molar-refractivity contribution is 0.123. The van der Waals surface area contributed by atoms with Crippen LogP contribution in [0.25, 0.3) is 0 Å². The molecule has 3 atom stereocenters. The summed E-state index contributed by atoms with van der Waals surface area (Å²) in [5, 5.41) is 12.9. The number of amides is 2. The maximum absolute atomic E-state index is 12.6. The zero-order valence-corrected chi connectivity index (χ0v) is 12.6. The number of rotatable bonds is 2. The number of carbonyl (C=O) groups excluding carboxylic acids is 1. The first-order valence-corrected chi connectivity index (χ1v) is 7.96. The lowest BCUT2D eigenvalue weighted by Crippen LogP contribution is -2.50. The van der Waals surface area contributed by atoms with E-state index in [9.17, 15) is 9.90 Å². The number of aliphatic hydroxyl groups excluding tert-OH is 1. The average Bonchev–Trinajstić information content (AvgIpc) is 2.91. The Morgan fingerprint density at radius 2 is 2.19 bits per heavy atom. The Kier molecular flexibility index (Phi) is 4.15. The highest BCUT2D eigenvalue weighted by molar-refractivity contribution is 5.75. The first kappa shape index (κ1) is 14.4. The van der Waals surface area contributed by atoms with Gasteiger partial charge in [0, 0.05) is 12.6 Å². The molecule has 21 heavy (non-hydrogen) atoms. The van der Waals surface area contributed by atoms with Crippen LogP contribution >= 0.6 is 0 Å². The predicted molar refractivity (Wildman–Crippen MR) is 82.0 cm³/mol. The van der Waals surface area contributed by atoms with Crippen molar-refractivity contribution in [2.45, 2.75) is 44.7 Å². The molecule has 2 N–H and O–H groups in total. The minimum absolute atomic E-state index is 0.0232. The number of carbonyl (C=O) groups is 1. The zero-order chi connectivity index (χ0) is 14.8. The highest BCUT2D eigenvalue weighted by Gasteiger charge is 2.32. The number of fused-ring (bicyclic) bond motifs is 1. The van der Waals surface area contributed by atoms with Crippen LogP contribution in [0.4, 0.5) is 4.79 Å². The van der Waals surface area contributed by atoms with Crippen LogP contribution in [0.3, 0.4) is 0 Å². The minimum atomic E-state index is -0.216. The van der Waals surface area contributed by atoms with E-state index < -0.39 is 0 Å². The number of hydrogen-bond acceptors (Lipinski definition) is 2. The molecule has 1 fully saturated rings. The van der Waals surface area contributed by atoms with Gasteiger partial charge in [0.1, 0.15) is 0 Å². The van der Waals surface area contributed by atoms with Crippen molar-refractivity contribution in [3.05, 3.63) is 35.4 Å². The third kappa shape index (κ3) is 2.77. The first-order chi connectivity index (χ1) is 10.2. The number of nitrogens with zero attached hydrogens (tertiary/aromatic N) is 1. The molecule has 0 bridgehead atoms. The predicted octanol–water partition coefficient (Wildman–Crippen LogP) is 2.48. The average molecular weight is 288 g/mol. The lowest BCUT2D eigenvalue weighted by atomic mass is 9.93. The fourth-order valence-corrected chi connectivity index (χ4v) is 3.69. The monoisotopic (exact) mass is 288 g/mol. The number of nitrogens with one attached hydrogen (secondary N) is 1. The van der Waals surface area contributed by atoms with Gasteiger partial charge in [-0.05, 0) is 36.3 Å². The maximum atomic E-state index is 12.6. The van der Waals surface area contributed by atoms with Gasteiger partial charge >= 0.3 is 6.03 Å². The molecule has 1 aliphatic heterocycles. The van der Waals surface area contributed by atoms with Gasteiger partial charge in [0.2, 0.25) is 0 Å². The summed E-state index contributed by atoms with van der Waals surface area (Å²) >= 11 is 0. The molecule has 1 aromatic carbocycles. The SMILES string of the molecule is CC1CCCC1NC(=O)N1CCc2ccccc2C1CO. The van der Waals surface area contributed by atoms with E-state index in [0.717, 1.165) is 18.4 Å². The van der Waals surface area contributed by atoms with Gasteiger partial charge in [0.25, 0.3) is 0 Å². The van der Waals surface area contributed by atoms with E-state index >= 15 is 0 Å². The van der Waals surface area contributed by atoms with Crippen molar-refractivity contribution in [1.29, 1.82) is 0 Å². The number of benzene rings is 1. The Hall–Kier alpha value is -1.55. The van der Waals surface area contributed by atoms with E-state index in [1.807, 2.05) is 18.2 Å². The third-order valence-corrected chi connectivity index (χ3v) is 5.02. The topological polar surface area (TPSA) is 52.6 Å². The van der Waals surface area contributed by atoms with E-state index in [-0.39, 0.29) is 24.7 Å². The van der Waals surface area contributed by atoms with Gasteiger partial charge in [0.05, 0.1) is 12.6 Å². The summed E-state index contributed by atoms with van der Waals surface area (Å²) in [5.74, 6) is 0.554. The van der Waals surface area contributed by atoms with Crippen LogP contribution in [0.2, 0.25) is 0 Å². The molecule has 0 spiro atoms. The summed E-state index contributed by atoms with van der Waals surface area (Å²) < 4.78 is 0. The second-order valence-corrected chi connectivity index (χ2v) is 6.30. The Bertz CT molecular complexity index is 517. The van der Waals surface area contributed by atoms with Gasteiger partial charge < -0.3 is 15.3 Å².